The van der Waals surface area contributed by atoms with Gasteiger partial charge in [0, 0.05) is 5.69 Å². The molecule has 7 heteroatoms. The molecular weight excluding hydrogens is 318 g/mol. The Labute approximate surface area is 145 Å². The van der Waals surface area contributed by atoms with Crippen molar-refractivity contribution in [3.8, 4) is 11.4 Å². The topological polar surface area (TPSA) is 81.9 Å². The van der Waals surface area contributed by atoms with Crippen LogP contribution in [0, 0.1) is 13.8 Å². The molecule has 128 valence electrons. The Morgan fingerprint density at radius 1 is 1.16 bits per heavy atom. The first kappa shape index (κ1) is 16.6. The number of carbonyl (C=O) groups excluding carboxylic acids is 1. The van der Waals surface area contributed by atoms with Crippen molar-refractivity contribution >= 4 is 11.6 Å². The number of ether oxygens (including phenoxy) is 1. The van der Waals surface area contributed by atoms with Crippen LogP contribution in [0.4, 0.5) is 5.69 Å². The van der Waals surface area contributed by atoms with Crippen molar-refractivity contribution in [1.82, 2.24) is 20.2 Å². The van der Waals surface area contributed by atoms with Crippen molar-refractivity contribution in [3.05, 3.63) is 59.9 Å². The molecule has 7 nitrogen and oxygen atoms in total. The van der Waals surface area contributed by atoms with Crippen LogP contribution in [-0.2, 0) is 4.79 Å². The van der Waals surface area contributed by atoms with Crippen LogP contribution >= 0.6 is 0 Å². The Kier molecular flexibility index (Phi) is 4.74. The summed E-state index contributed by atoms with van der Waals surface area (Å²) in [6, 6.07) is 13.0. The molecule has 25 heavy (non-hydrogen) atoms. The SMILES string of the molecule is Cc1cccc(O[C@H](C)C(=O)Nc2ccc(-n3cnnn3)cc2)c1C. The smallest absolute Gasteiger partial charge is 0.265 e. The second-order valence-electron chi connectivity index (χ2n) is 5.75. The Bertz CT molecular complexity index is 860. The number of rotatable bonds is 5. The van der Waals surface area contributed by atoms with Gasteiger partial charge in [-0.25, -0.2) is 4.68 Å². The fourth-order valence-electron chi connectivity index (χ4n) is 2.32. The minimum atomic E-state index is -0.611. The van der Waals surface area contributed by atoms with Gasteiger partial charge in [-0.2, -0.15) is 0 Å². The second kappa shape index (κ2) is 7.12. The van der Waals surface area contributed by atoms with Crippen LogP contribution in [-0.4, -0.2) is 32.2 Å². The molecule has 0 saturated heterocycles. The molecule has 3 aromatic rings. The Morgan fingerprint density at radius 3 is 2.60 bits per heavy atom. The lowest BCUT2D eigenvalue weighted by molar-refractivity contribution is -0.122. The average Bonchev–Trinajstić information content (AvgIpc) is 3.14. The molecule has 0 fully saturated rings. The Balaban J connectivity index is 1.64. The van der Waals surface area contributed by atoms with Crippen LogP contribution in [0.3, 0.4) is 0 Å². The predicted molar refractivity (Wildman–Crippen MR) is 93.8 cm³/mol. The third kappa shape index (κ3) is 3.82. The summed E-state index contributed by atoms with van der Waals surface area (Å²) < 4.78 is 7.34. The number of anilines is 1. The molecule has 1 aromatic heterocycles. The summed E-state index contributed by atoms with van der Waals surface area (Å²) in [5.41, 5.74) is 3.65. The molecule has 1 N–H and O–H groups in total. The van der Waals surface area contributed by atoms with E-state index in [1.807, 2.05) is 44.2 Å². The molecular formula is C18H19N5O2. The number of benzene rings is 2. The summed E-state index contributed by atoms with van der Waals surface area (Å²) in [7, 11) is 0. The molecule has 0 unspecified atom stereocenters. The van der Waals surface area contributed by atoms with Gasteiger partial charge in [0.05, 0.1) is 5.69 Å². The molecule has 0 spiro atoms. The Morgan fingerprint density at radius 2 is 1.92 bits per heavy atom. The molecule has 2 aromatic carbocycles. The maximum Gasteiger partial charge on any atom is 0.265 e. The van der Waals surface area contributed by atoms with Crippen molar-refractivity contribution in [2.75, 3.05) is 5.32 Å². The molecule has 3 rings (SSSR count). The fourth-order valence-corrected chi connectivity index (χ4v) is 2.32. The van der Waals surface area contributed by atoms with E-state index >= 15 is 0 Å². The van der Waals surface area contributed by atoms with Crippen LogP contribution in [0.5, 0.6) is 5.75 Å². The van der Waals surface area contributed by atoms with Crippen molar-refractivity contribution in [2.24, 2.45) is 0 Å². The number of nitrogens with one attached hydrogen (secondary N) is 1. The third-order valence-corrected chi connectivity index (χ3v) is 3.98. The maximum atomic E-state index is 12.4. The average molecular weight is 337 g/mol. The third-order valence-electron chi connectivity index (χ3n) is 3.98. The molecule has 0 aliphatic heterocycles. The minimum Gasteiger partial charge on any atom is -0.481 e. The predicted octanol–water partition coefficient (Wildman–Crippen LogP) is 2.69. The number of tetrazole rings is 1. The lowest BCUT2D eigenvalue weighted by Gasteiger charge is -2.17. The standard InChI is InChI=1S/C18H19N5O2/c1-12-5-4-6-17(13(12)2)25-14(3)18(24)20-15-7-9-16(10-8-15)23-11-19-21-22-23/h4-11,14H,1-3H3,(H,20,24)/t14-/m1/s1. The lowest BCUT2D eigenvalue weighted by atomic mass is 10.1. The number of nitrogens with zero attached hydrogens (tertiary/aromatic N) is 4. The number of carbonyl (C=O) groups is 1. The maximum absolute atomic E-state index is 12.4. The fraction of sp³-hybridized carbons (Fsp3) is 0.222. The van der Waals surface area contributed by atoms with E-state index in [0.717, 1.165) is 22.6 Å². The zero-order chi connectivity index (χ0) is 17.8. The van der Waals surface area contributed by atoms with E-state index in [0.29, 0.717) is 5.69 Å². The normalized spacial score (nSPS) is 11.8. The summed E-state index contributed by atoms with van der Waals surface area (Å²) >= 11 is 0. The van der Waals surface area contributed by atoms with E-state index in [1.165, 1.54) is 11.0 Å². The largest absolute Gasteiger partial charge is 0.481 e. The van der Waals surface area contributed by atoms with Crippen LogP contribution in [0.2, 0.25) is 0 Å². The molecule has 1 atom stereocenters. The number of aromatic nitrogens is 4. The summed E-state index contributed by atoms with van der Waals surface area (Å²) in [5, 5.41) is 13.8. The van der Waals surface area contributed by atoms with Crippen LogP contribution in [0.15, 0.2) is 48.8 Å². The zero-order valence-corrected chi connectivity index (χ0v) is 14.3. The molecule has 1 heterocycles. The number of aryl methyl sites for hydroxylation is 1. The Hall–Kier alpha value is -3.22. The second-order valence-corrected chi connectivity index (χ2v) is 5.75. The first-order valence-electron chi connectivity index (χ1n) is 7.92. The van der Waals surface area contributed by atoms with Gasteiger partial charge in [0.15, 0.2) is 6.10 Å². The van der Waals surface area contributed by atoms with Crippen molar-refractivity contribution in [1.29, 1.82) is 0 Å². The quantitative estimate of drug-likeness (QED) is 0.774. The first-order valence-corrected chi connectivity index (χ1v) is 7.92. The number of hydrogen-bond acceptors (Lipinski definition) is 5. The highest BCUT2D eigenvalue weighted by Gasteiger charge is 2.16. The van der Waals surface area contributed by atoms with Crippen LogP contribution < -0.4 is 10.1 Å². The van der Waals surface area contributed by atoms with Gasteiger partial charge < -0.3 is 10.1 Å². The molecule has 0 aliphatic rings. The van der Waals surface area contributed by atoms with Gasteiger partial charge in [-0.05, 0) is 72.7 Å². The molecule has 0 aliphatic carbocycles. The summed E-state index contributed by atoms with van der Waals surface area (Å²) in [5.74, 6) is 0.507. The monoisotopic (exact) mass is 337 g/mol. The zero-order valence-electron chi connectivity index (χ0n) is 14.3. The van der Waals surface area contributed by atoms with Gasteiger partial charge in [-0.1, -0.05) is 12.1 Å². The highest BCUT2D eigenvalue weighted by molar-refractivity contribution is 5.94. The highest BCUT2D eigenvalue weighted by atomic mass is 16.5. The number of amides is 1. The first-order chi connectivity index (χ1) is 12.0. The van der Waals surface area contributed by atoms with E-state index in [4.69, 9.17) is 4.74 Å². The lowest BCUT2D eigenvalue weighted by Crippen LogP contribution is -2.30. The highest BCUT2D eigenvalue weighted by Crippen LogP contribution is 2.22. The van der Waals surface area contributed by atoms with E-state index in [1.54, 1.807) is 19.1 Å². The number of hydrogen-bond donors (Lipinski definition) is 1. The summed E-state index contributed by atoms with van der Waals surface area (Å²) in [6.45, 7) is 5.72. The van der Waals surface area contributed by atoms with Gasteiger partial charge in [0.1, 0.15) is 12.1 Å². The van der Waals surface area contributed by atoms with E-state index in [2.05, 4.69) is 20.8 Å². The van der Waals surface area contributed by atoms with E-state index < -0.39 is 6.10 Å². The van der Waals surface area contributed by atoms with Crippen LogP contribution in [0.25, 0.3) is 5.69 Å². The van der Waals surface area contributed by atoms with Gasteiger partial charge in [-0.3, -0.25) is 4.79 Å². The van der Waals surface area contributed by atoms with Crippen molar-refractivity contribution in [2.45, 2.75) is 26.9 Å². The summed E-state index contributed by atoms with van der Waals surface area (Å²) in [4.78, 5) is 12.4. The van der Waals surface area contributed by atoms with Gasteiger partial charge >= 0.3 is 0 Å². The molecule has 0 saturated carbocycles. The van der Waals surface area contributed by atoms with Crippen LogP contribution in [0.1, 0.15) is 18.1 Å². The van der Waals surface area contributed by atoms with Gasteiger partial charge in [0.2, 0.25) is 0 Å². The summed E-state index contributed by atoms with van der Waals surface area (Å²) in [6.07, 6.45) is 0.896. The molecule has 0 bridgehead atoms. The minimum absolute atomic E-state index is 0.212. The molecule has 0 radical (unpaired) electrons. The van der Waals surface area contributed by atoms with Gasteiger partial charge in [-0.15, -0.1) is 5.10 Å². The van der Waals surface area contributed by atoms with Crippen molar-refractivity contribution in [3.63, 3.8) is 0 Å². The molecule has 1 amide bonds. The van der Waals surface area contributed by atoms with E-state index in [9.17, 15) is 4.79 Å². The van der Waals surface area contributed by atoms with Crippen molar-refractivity contribution < 1.29 is 9.53 Å². The van der Waals surface area contributed by atoms with E-state index in [-0.39, 0.29) is 5.91 Å². The van der Waals surface area contributed by atoms with Gasteiger partial charge in [0.25, 0.3) is 5.91 Å².